The second-order valence-electron chi connectivity index (χ2n) is 15.7. The van der Waals surface area contributed by atoms with Crippen LogP contribution in [0.3, 0.4) is 0 Å². The molecule has 57 heavy (non-hydrogen) atoms. The third kappa shape index (κ3) is 9.81. The van der Waals surface area contributed by atoms with Gasteiger partial charge in [0.25, 0.3) is 0 Å². The highest BCUT2D eigenvalue weighted by Crippen LogP contribution is 2.27. The lowest BCUT2D eigenvalue weighted by molar-refractivity contribution is -0.158. The fraction of sp³-hybridized carbons (Fsp3) is 0.548. The zero-order valence-electron chi connectivity index (χ0n) is 32.9. The third-order valence-electron chi connectivity index (χ3n) is 11.4. The van der Waals surface area contributed by atoms with Crippen molar-refractivity contribution in [2.45, 2.75) is 121 Å². The molecule has 4 aliphatic rings. The molecule has 4 heterocycles. The van der Waals surface area contributed by atoms with E-state index in [9.17, 15) is 38.7 Å². The summed E-state index contributed by atoms with van der Waals surface area (Å²) in [5.41, 5.74) is 3.57. The highest BCUT2D eigenvalue weighted by Gasteiger charge is 2.47. The van der Waals surface area contributed by atoms with E-state index in [-0.39, 0.29) is 38.9 Å². The normalized spacial score (nSPS) is 26.5. The molecule has 4 N–H and O–H groups in total. The van der Waals surface area contributed by atoms with Crippen molar-refractivity contribution in [2.24, 2.45) is 0 Å². The molecular formula is C42H54N6O9. The summed E-state index contributed by atoms with van der Waals surface area (Å²) in [5, 5.41) is 19.1. The molecule has 4 saturated heterocycles. The number of aliphatic hydroxyl groups excluding tert-OH is 1. The van der Waals surface area contributed by atoms with Gasteiger partial charge in [-0.15, -0.1) is 0 Å². The number of esters is 1. The molecule has 4 aliphatic heterocycles. The number of carbonyl (C=O) groups is 7. The molecule has 15 heteroatoms. The van der Waals surface area contributed by atoms with Crippen molar-refractivity contribution in [1.82, 2.24) is 30.7 Å². The maximum Gasteiger partial charge on any atom is 0.328 e. The smallest absolute Gasteiger partial charge is 0.328 e. The number of aliphatic hydroxyl groups is 1. The minimum absolute atomic E-state index is 0.00175. The third-order valence-corrected chi connectivity index (χ3v) is 11.4. The van der Waals surface area contributed by atoms with Crippen molar-refractivity contribution in [1.29, 1.82) is 0 Å². The van der Waals surface area contributed by atoms with Crippen LogP contribution < -0.4 is 16.0 Å². The summed E-state index contributed by atoms with van der Waals surface area (Å²) >= 11 is 0. The van der Waals surface area contributed by atoms with Crippen molar-refractivity contribution in [3.63, 3.8) is 0 Å². The Bertz CT molecular complexity index is 1850. The molecule has 6 amide bonds. The fourth-order valence-electron chi connectivity index (χ4n) is 8.36. The van der Waals surface area contributed by atoms with Gasteiger partial charge in [-0.2, -0.15) is 0 Å². The van der Waals surface area contributed by atoms with Crippen LogP contribution in [0.2, 0.25) is 0 Å². The Labute approximate surface area is 332 Å². The maximum absolute atomic E-state index is 14.5. The van der Waals surface area contributed by atoms with Gasteiger partial charge in [-0.05, 0) is 69.1 Å². The molecule has 2 aromatic rings. The van der Waals surface area contributed by atoms with E-state index < -0.39 is 90.4 Å². The van der Waals surface area contributed by atoms with Crippen molar-refractivity contribution >= 4 is 41.4 Å². The molecule has 0 aliphatic carbocycles. The van der Waals surface area contributed by atoms with Gasteiger partial charge in [-0.1, -0.05) is 61.0 Å². The topological polar surface area (TPSA) is 195 Å². The Morgan fingerprint density at radius 2 is 1.56 bits per heavy atom. The molecule has 2 aromatic carbocycles. The molecule has 0 saturated carbocycles. The minimum atomic E-state index is -1.53. The van der Waals surface area contributed by atoms with E-state index in [2.05, 4.69) is 16.0 Å². The molecular weight excluding hydrogens is 732 g/mol. The number of nitrogens with one attached hydrogen (secondary N) is 3. The summed E-state index contributed by atoms with van der Waals surface area (Å²) in [6.45, 7) is 5.10. The van der Waals surface area contributed by atoms with Crippen LogP contribution in [0.15, 0.2) is 48.5 Å². The molecule has 0 unspecified atom stereocenters. The summed E-state index contributed by atoms with van der Waals surface area (Å²) in [7, 11) is 0. The lowest BCUT2D eigenvalue weighted by Crippen LogP contribution is -2.62. The molecule has 4 fully saturated rings. The van der Waals surface area contributed by atoms with Gasteiger partial charge >= 0.3 is 5.97 Å². The number of hydrogen-bond donors (Lipinski definition) is 4. The standard InChI is InChI=1S/C42H54N6O9/c1-4-27-13-15-28(16-14-27)21-36(50)44-31(20-29-10-7-9-25(2)19-29)37(51)45-32-24-57-42(56)34-12-8-18-47(34)39(53)26(3)43-38(52)33-11-5-6-17-46(33)41(55)35-22-30(49)23-48(35)40(32)54/h7,9-10,13-16,19,26,30-35,49H,4-6,8,11-12,17-18,20-24H2,1-3H3,(H,43,52)(H,44,50)(H,45,51)/t26-,30+,31-,32-,33-,34-,35-/m0/s1. The summed E-state index contributed by atoms with van der Waals surface area (Å²) in [4.78, 5) is 101. The number of ether oxygens (including phenoxy) is 1. The van der Waals surface area contributed by atoms with Crippen LogP contribution in [0.5, 0.6) is 0 Å². The summed E-state index contributed by atoms with van der Waals surface area (Å²) in [5.74, 6) is -4.25. The average molecular weight is 787 g/mol. The van der Waals surface area contributed by atoms with Crippen LogP contribution in [0, 0.1) is 6.92 Å². The van der Waals surface area contributed by atoms with Gasteiger partial charge in [-0.25, -0.2) is 4.79 Å². The van der Waals surface area contributed by atoms with Crippen molar-refractivity contribution < 1.29 is 43.4 Å². The van der Waals surface area contributed by atoms with Gasteiger partial charge in [0.05, 0.1) is 12.5 Å². The predicted molar refractivity (Wildman–Crippen MR) is 207 cm³/mol. The summed E-state index contributed by atoms with van der Waals surface area (Å²) in [6.07, 6.45) is 2.18. The lowest BCUT2D eigenvalue weighted by atomic mass is 9.99. The van der Waals surface area contributed by atoms with Crippen LogP contribution in [-0.4, -0.2) is 130 Å². The maximum atomic E-state index is 14.5. The first-order chi connectivity index (χ1) is 27.3. The number of carbonyl (C=O) groups excluding carboxylic acids is 7. The predicted octanol–water partition coefficient (Wildman–Crippen LogP) is 0.708. The number of fused-ring (bicyclic) bond motifs is 3. The monoisotopic (exact) mass is 786 g/mol. The van der Waals surface area contributed by atoms with Crippen LogP contribution >= 0.6 is 0 Å². The number of nitrogens with zero attached hydrogens (tertiary/aromatic N) is 3. The molecule has 0 aromatic heterocycles. The first kappa shape index (κ1) is 41.3. The van der Waals surface area contributed by atoms with Crippen molar-refractivity contribution in [3.8, 4) is 0 Å². The van der Waals surface area contributed by atoms with Gasteiger partial charge in [0.15, 0.2) is 0 Å². The average Bonchev–Trinajstić information content (AvgIpc) is 3.85. The van der Waals surface area contributed by atoms with Gasteiger partial charge in [0.1, 0.15) is 42.9 Å². The van der Waals surface area contributed by atoms with Crippen LogP contribution in [0.1, 0.15) is 74.6 Å². The van der Waals surface area contributed by atoms with E-state index >= 15 is 0 Å². The highest BCUT2D eigenvalue weighted by atomic mass is 16.5. The Balaban J connectivity index is 1.30. The fourth-order valence-corrected chi connectivity index (χ4v) is 8.36. The van der Waals surface area contributed by atoms with E-state index in [1.165, 1.54) is 21.6 Å². The summed E-state index contributed by atoms with van der Waals surface area (Å²) < 4.78 is 5.70. The van der Waals surface area contributed by atoms with E-state index in [4.69, 9.17) is 4.74 Å². The van der Waals surface area contributed by atoms with Gasteiger partial charge in [0.2, 0.25) is 35.4 Å². The molecule has 15 nitrogen and oxygen atoms in total. The SMILES string of the molecule is CCc1ccc(CC(=O)N[C@@H](Cc2cccc(C)c2)C(=O)N[C@H]2COC(=O)[C@@H]3CCCN3C(=O)[C@H](C)NC(=O)[C@@H]3CCCCN3C(=O)[C@@H]3C[C@@H](O)CN3C2=O)cc1. The Morgan fingerprint density at radius 3 is 2.30 bits per heavy atom. The first-order valence-electron chi connectivity index (χ1n) is 20.1. The van der Waals surface area contributed by atoms with Gasteiger partial charge < -0.3 is 40.5 Å². The summed E-state index contributed by atoms with van der Waals surface area (Å²) in [6, 6.07) is 8.33. The van der Waals surface area contributed by atoms with Crippen LogP contribution in [0.4, 0.5) is 0 Å². The lowest BCUT2D eigenvalue weighted by Gasteiger charge is -2.39. The van der Waals surface area contributed by atoms with E-state index in [1.807, 2.05) is 62.4 Å². The quantitative estimate of drug-likeness (QED) is 0.279. The second kappa shape index (κ2) is 18.3. The van der Waals surface area contributed by atoms with Crippen LogP contribution in [-0.2, 0) is 57.6 Å². The molecule has 306 valence electrons. The van der Waals surface area contributed by atoms with Gasteiger partial charge in [0, 0.05) is 32.5 Å². The molecule has 0 spiro atoms. The zero-order valence-corrected chi connectivity index (χ0v) is 32.9. The number of piperidine rings is 1. The number of rotatable bonds is 8. The van der Waals surface area contributed by atoms with E-state index in [0.717, 1.165) is 28.7 Å². The number of benzene rings is 2. The van der Waals surface area contributed by atoms with E-state index in [1.54, 1.807) is 0 Å². The number of hydrogen-bond acceptors (Lipinski definition) is 9. The van der Waals surface area contributed by atoms with Crippen LogP contribution in [0.25, 0.3) is 0 Å². The molecule has 7 atom stereocenters. The molecule has 6 rings (SSSR count). The van der Waals surface area contributed by atoms with Gasteiger partial charge in [-0.3, -0.25) is 28.8 Å². The largest absolute Gasteiger partial charge is 0.461 e. The molecule has 0 bridgehead atoms. The Hall–Kier alpha value is -5.31. The number of cyclic esters (lactones) is 1. The van der Waals surface area contributed by atoms with Crippen molar-refractivity contribution in [2.75, 3.05) is 26.2 Å². The highest BCUT2D eigenvalue weighted by molar-refractivity contribution is 5.98. The Kier molecular flexibility index (Phi) is 13.3. The number of amides is 6. The zero-order chi connectivity index (χ0) is 40.8. The Morgan fingerprint density at radius 1 is 0.860 bits per heavy atom. The first-order valence-corrected chi connectivity index (χ1v) is 20.1. The molecule has 0 radical (unpaired) electrons. The van der Waals surface area contributed by atoms with Crippen molar-refractivity contribution in [3.05, 3.63) is 70.8 Å². The van der Waals surface area contributed by atoms with E-state index in [0.29, 0.717) is 32.1 Å². The second-order valence-corrected chi connectivity index (χ2v) is 15.7. The minimum Gasteiger partial charge on any atom is -0.461 e. The number of aryl methyl sites for hydroxylation is 2.